The minimum atomic E-state index is -3.56. The van der Waals surface area contributed by atoms with Crippen molar-refractivity contribution in [1.29, 1.82) is 5.26 Å². The Kier molecular flexibility index (Phi) is 4.09. The largest absolute Gasteiger partial charge is 0.497 e. The number of anilines is 1. The van der Waals surface area contributed by atoms with E-state index in [9.17, 15) is 8.42 Å². The van der Waals surface area contributed by atoms with E-state index in [1.165, 1.54) is 9.71 Å². The Labute approximate surface area is 157 Å². The molecule has 0 amide bonds. The van der Waals surface area contributed by atoms with Crippen LogP contribution in [-0.2, 0) is 16.6 Å². The highest BCUT2D eigenvalue weighted by atomic mass is 32.2. The van der Waals surface area contributed by atoms with Crippen molar-refractivity contribution < 1.29 is 13.2 Å². The Bertz CT molecular complexity index is 1220. The fourth-order valence-corrected chi connectivity index (χ4v) is 4.43. The molecule has 0 spiro atoms. The van der Waals surface area contributed by atoms with Crippen molar-refractivity contribution >= 4 is 32.6 Å². The Morgan fingerprint density at radius 2 is 1.85 bits per heavy atom. The highest BCUT2D eigenvalue weighted by Gasteiger charge is 2.26. The molecule has 0 aromatic heterocycles. The molecule has 1 heterocycles. The summed E-state index contributed by atoms with van der Waals surface area (Å²) in [5, 5.41) is 12.2. The van der Waals surface area contributed by atoms with E-state index in [4.69, 9.17) is 10.00 Å². The number of rotatable bonds is 3. The van der Waals surface area contributed by atoms with Crippen molar-refractivity contribution in [2.75, 3.05) is 11.4 Å². The van der Waals surface area contributed by atoms with E-state index < -0.39 is 10.0 Å². The lowest BCUT2D eigenvalue weighted by Gasteiger charge is -2.27. The summed E-state index contributed by atoms with van der Waals surface area (Å²) in [5.41, 5.74) is 2.82. The summed E-state index contributed by atoms with van der Waals surface area (Å²) >= 11 is 0. The molecule has 0 bridgehead atoms. The molecule has 1 aliphatic rings. The van der Waals surface area contributed by atoms with Gasteiger partial charge >= 0.3 is 0 Å². The average molecular weight is 376 g/mol. The van der Waals surface area contributed by atoms with Crippen LogP contribution in [0.15, 0.2) is 60.0 Å². The van der Waals surface area contributed by atoms with E-state index in [1.54, 1.807) is 31.4 Å². The number of hydrogen-bond acceptors (Lipinski definition) is 4. The summed E-state index contributed by atoms with van der Waals surface area (Å²) in [7, 11) is -1.98. The number of ether oxygens (including phenoxy) is 1. The molecule has 3 aromatic rings. The molecular weight excluding hydrogens is 360 g/mol. The molecule has 1 aliphatic heterocycles. The third-order valence-electron chi connectivity index (χ3n) is 4.59. The molecule has 6 heteroatoms. The van der Waals surface area contributed by atoms with Crippen molar-refractivity contribution in [3.8, 4) is 11.8 Å². The highest BCUT2D eigenvalue weighted by molar-refractivity contribution is 7.95. The van der Waals surface area contributed by atoms with Gasteiger partial charge in [-0.1, -0.05) is 18.2 Å². The maximum Gasteiger partial charge on any atom is 0.257 e. The van der Waals surface area contributed by atoms with Gasteiger partial charge in [0.1, 0.15) is 5.75 Å². The second kappa shape index (κ2) is 6.45. The zero-order valence-corrected chi connectivity index (χ0v) is 15.4. The first-order valence-corrected chi connectivity index (χ1v) is 9.82. The van der Waals surface area contributed by atoms with Crippen molar-refractivity contribution in [3.63, 3.8) is 0 Å². The minimum absolute atomic E-state index is 0.207. The fourth-order valence-electron chi connectivity index (χ4n) is 3.20. The zero-order chi connectivity index (χ0) is 19.0. The normalized spacial score (nSPS) is 14.6. The lowest BCUT2D eigenvalue weighted by molar-refractivity contribution is 0.414. The quantitative estimate of drug-likeness (QED) is 0.692. The van der Waals surface area contributed by atoms with Gasteiger partial charge in [0.05, 0.1) is 36.4 Å². The van der Waals surface area contributed by atoms with Crippen molar-refractivity contribution in [1.82, 2.24) is 0 Å². The van der Waals surface area contributed by atoms with Crippen LogP contribution in [0.25, 0.3) is 16.8 Å². The van der Waals surface area contributed by atoms with Gasteiger partial charge in [-0.05, 0) is 58.8 Å². The Balaban J connectivity index is 1.76. The van der Waals surface area contributed by atoms with Gasteiger partial charge in [0.15, 0.2) is 0 Å². The number of methoxy groups -OCH3 is 1. The summed E-state index contributed by atoms with van der Waals surface area (Å²) in [6.45, 7) is 0.207. The standard InChI is InChI=1S/C21H16N2O3S/c1-26-20-6-7-21-18(12-20)8-9-27(24,25)23(21)14-16-3-5-17-4-2-15(13-22)10-19(17)11-16/h2-12H,14H2,1H3. The zero-order valence-electron chi connectivity index (χ0n) is 14.6. The molecule has 0 aliphatic carbocycles. The van der Waals surface area contributed by atoms with Crippen LogP contribution < -0.4 is 9.04 Å². The van der Waals surface area contributed by atoms with Gasteiger partial charge in [-0.15, -0.1) is 0 Å². The van der Waals surface area contributed by atoms with Crippen molar-refractivity contribution in [2.24, 2.45) is 0 Å². The average Bonchev–Trinajstić information content (AvgIpc) is 2.69. The van der Waals surface area contributed by atoms with Gasteiger partial charge in [-0.2, -0.15) is 5.26 Å². The smallest absolute Gasteiger partial charge is 0.257 e. The summed E-state index contributed by atoms with van der Waals surface area (Å²) < 4.78 is 31.9. The maximum atomic E-state index is 12.6. The topological polar surface area (TPSA) is 70.4 Å². The molecule has 0 radical (unpaired) electrons. The minimum Gasteiger partial charge on any atom is -0.497 e. The molecule has 27 heavy (non-hydrogen) atoms. The lowest BCUT2D eigenvalue weighted by atomic mass is 10.0. The molecule has 0 fully saturated rings. The first kappa shape index (κ1) is 17.1. The van der Waals surface area contributed by atoms with E-state index in [-0.39, 0.29) is 6.54 Å². The molecule has 0 atom stereocenters. The second-order valence-corrected chi connectivity index (χ2v) is 8.03. The molecule has 0 unspecified atom stereocenters. The molecule has 0 N–H and O–H groups in total. The number of hydrogen-bond donors (Lipinski definition) is 0. The van der Waals surface area contributed by atoms with E-state index >= 15 is 0 Å². The van der Waals surface area contributed by atoms with Crippen LogP contribution >= 0.6 is 0 Å². The summed E-state index contributed by atoms with van der Waals surface area (Å²) in [6.07, 6.45) is 1.59. The Morgan fingerprint density at radius 3 is 2.63 bits per heavy atom. The van der Waals surface area contributed by atoms with Gasteiger partial charge in [-0.25, -0.2) is 8.42 Å². The Hall–Kier alpha value is -3.30. The SMILES string of the molecule is COc1ccc2c(c1)C=CS(=O)(=O)N2Cc1ccc2ccc(C#N)cc2c1. The molecule has 134 valence electrons. The maximum absolute atomic E-state index is 12.6. The van der Waals surface area contributed by atoms with E-state index in [2.05, 4.69) is 6.07 Å². The predicted octanol–water partition coefficient (Wildman–Crippen LogP) is 4.04. The number of benzene rings is 3. The monoisotopic (exact) mass is 376 g/mol. The number of sulfonamides is 1. The first-order chi connectivity index (χ1) is 13.0. The van der Waals surface area contributed by atoms with Crippen LogP contribution in [0.1, 0.15) is 16.7 Å². The van der Waals surface area contributed by atoms with Gasteiger partial charge in [0.2, 0.25) is 0 Å². The third kappa shape index (κ3) is 3.14. The number of fused-ring (bicyclic) bond motifs is 2. The van der Waals surface area contributed by atoms with Gasteiger partial charge < -0.3 is 4.74 Å². The molecule has 0 saturated heterocycles. The molecule has 4 rings (SSSR count). The van der Waals surface area contributed by atoms with Crippen LogP contribution in [0, 0.1) is 11.3 Å². The van der Waals surface area contributed by atoms with E-state index in [0.717, 1.165) is 21.9 Å². The molecular formula is C21H16N2O3S. The van der Waals surface area contributed by atoms with Gasteiger partial charge in [-0.3, -0.25) is 4.31 Å². The van der Waals surface area contributed by atoms with Crippen LogP contribution in [0.3, 0.4) is 0 Å². The van der Waals surface area contributed by atoms with Crippen LogP contribution in [-0.4, -0.2) is 15.5 Å². The second-order valence-electron chi connectivity index (χ2n) is 6.29. The third-order valence-corrected chi connectivity index (χ3v) is 6.01. The van der Waals surface area contributed by atoms with Crippen LogP contribution in [0.4, 0.5) is 5.69 Å². The summed E-state index contributed by atoms with van der Waals surface area (Å²) in [5.74, 6) is 0.674. The first-order valence-electron chi connectivity index (χ1n) is 8.32. The van der Waals surface area contributed by atoms with E-state index in [1.807, 2.05) is 36.4 Å². The summed E-state index contributed by atoms with van der Waals surface area (Å²) in [6, 6.07) is 18.7. The lowest BCUT2D eigenvalue weighted by Crippen LogP contribution is -2.31. The molecule has 3 aromatic carbocycles. The van der Waals surface area contributed by atoms with Crippen molar-refractivity contribution in [2.45, 2.75) is 6.54 Å². The Morgan fingerprint density at radius 1 is 1.04 bits per heavy atom. The fraction of sp³-hybridized carbons (Fsp3) is 0.0952. The van der Waals surface area contributed by atoms with E-state index in [0.29, 0.717) is 17.0 Å². The summed E-state index contributed by atoms with van der Waals surface area (Å²) in [4.78, 5) is 0. The predicted molar refractivity (Wildman–Crippen MR) is 106 cm³/mol. The number of nitriles is 1. The molecule has 0 saturated carbocycles. The van der Waals surface area contributed by atoms with Crippen LogP contribution in [0.2, 0.25) is 0 Å². The van der Waals surface area contributed by atoms with Crippen LogP contribution in [0.5, 0.6) is 5.75 Å². The number of nitrogens with zero attached hydrogens (tertiary/aromatic N) is 2. The highest BCUT2D eigenvalue weighted by Crippen LogP contribution is 2.34. The van der Waals surface area contributed by atoms with Gasteiger partial charge in [0, 0.05) is 5.56 Å². The molecule has 5 nitrogen and oxygen atoms in total. The van der Waals surface area contributed by atoms with Gasteiger partial charge in [0.25, 0.3) is 10.0 Å². The van der Waals surface area contributed by atoms with Crippen molar-refractivity contribution in [3.05, 3.63) is 76.7 Å².